The molecule has 2 fully saturated rings. The molecule has 0 spiro atoms. The number of piperidine rings is 1. The summed E-state index contributed by atoms with van der Waals surface area (Å²) >= 11 is 0. The van der Waals surface area contributed by atoms with E-state index in [0.29, 0.717) is 19.6 Å². The van der Waals surface area contributed by atoms with E-state index in [4.69, 9.17) is 4.74 Å². The van der Waals surface area contributed by atoms with Gasteiger partial charge in [0.25, 0.3) is 0 Å². The van der Waals surface area contributed by atoms with Crippen LogP contribution in [-0.4, -0.2) is 60.9 Å². The second-order valence-corrected chi connectivity index (χ2v) is 4.54. The summed E-state index contributed by atoms with van der Waals surface area (Å²) in [7, 11) is 0. The summed E-state index contributed by atoms with van der Waals surface area (Å²) in [6, 6.07) is 0. The van der Waals surface area contributed by atoms with Gasteiger partial charge in [-0.3, -0.25) is 4.79 Å². The van der Waals surface area contributed by atoms with Crippen LogP contribution in [0.15, 0.2) is 0 Å². The molecule has 2 atom stereocenters. The standard InChI is InChI=1S/C11H20N2O3/c14-9-2-1-4-13(8-9)11(15)6-10-7-12-3-5-16-10/h9-10,12,14H,1-8H2. The molecular weight excluding hydrogens is 208 g/mol. The Balaban J connectivity index is 1.77. The first-order valence-electron chi connectivity index (χ1n) is 6.04. The van der Waals surface area contributed by atoms with Gasteiger partial charge in [-0.15, -0.1) is 0 Å². The molecule has 0 aromatic carbocycles. The van der Waals surface area contributed by atoms with E-state index in [0.717, 1.165) is 32.5 Å². The minimum atomic E-state index is -0.344. The van der Waals surface area contributed by atoms with E-state index < -0.39 is 0 Å². The predicted octanol–water partition coefficient (Wildman–Crippen LogP) is -0.652. The molecule has 2 unspecified atom stereocenters. The molecule has 2 rings (SSSR count). The first kappa shape index (κ1) is 11.8. The van der Waals surface area contributed by atoms with Gasteiger partial charge in [-0.25, -0.2) is 0 Å². The Labute approximate surface area is 95.8 Å². The van der Waals surface area contributed by atoms with Crippen molar-refractivity contribution >= 4 is 5.91 Å². The molecule has 2 heterocycles. The van der Waals surface area contributed by atoms with Gasteiger partial charge in [0.2, 0.25) is 5.91 Å². The summed E-state index contributed by atoms with van der Waals surface area (Å²) in [5.74, 6) is 0.104. The maximum absolute atomic E-state index is 11.9. The fourth-order valence-corrected chi connectivity index (χ4v) is 2.26. The van der Waals surface area contributed by atoms with Crippen molar-refractivity contribution in [1.29, 1.82) is 0 Å². The second-order valence-electron chi connectivity index (χ2n) is 4.54. The number of hydrogen-bond acceptors (Lipinski definition) is 4. The number of carbonyl (C=O) groups excluding carboxylic acids is 1. The minimum Gasteiger partial charge on any atom is -0.391 e. The van der Waals surface area contributed by atoms with Crippen LogP contribution in [0.25, 0.3) is 0 Å². The number of likely N-dealkylation sites (tertiary alicyclic amines) is 1. The number of aliphatic hydroxyl groups is 1. The van der Waals surface area contributed by atoms with E-state index in [-0.39, 0.29) is 18.1 Å². The fourth-order valence-electron chi connectivity index (χ4n) is 2.26. The molecular formula is C11H20N2O3. The molecule has 0 aliphatic carbocycles. The van der Waals surface area contributed by atoms with Crippen LogP contribution in [0.3, 0.4) is 0 Å². The van der Waals surface area contributed by atoms with Crippen molar-refractivity contribution < 1.29 is 14.6 Å². The van der Waals surface area contributed by atoms with E-state index in [2.05, 4.69) is 5.32 Å². The topological polar surface area (TPSA) is 61.8 Å². The summed E-state index contributed by atoms with van der Waals surface area (Å²) in [6.45, 7) is 3.56. The Morgan fingerprint density at radius 2 is 2.44 bits per heavy atom. The van der Waals surface area contributed by atoms with Crippen molar-refractivity contribution in [3.63, 3.8) is 0 Å². The van der Waals surface area contributed by atoms with Crippen LogP contribution in [0.5, 0.6) is 0 Å². The molecule has 0 aromatic heterocycles. The van der Waals surface area contributed by atoms with Gasteiger partial charge in [0.1, 0.15) is 0 Å². The van der Waals surface area contributed by atoms with Crippen LogP contribution in [0, 0.1) is 0 Å². The van der Waals surface area contributed by atoms with Crippen LogP contribution in [0.2, 0.25) is 0 Å². The highest BCUT2D eigenvalue weighted by Crippen LogP contribution is 2.12. The van der Waals surface area contributed by atoms with Gasteiger partial charge >= 0.3 is 0 Å². The first-order valence-corrected chi connectivity index (χ1v) is 6.04. The fraction of sp³-hybridized carbons (Fsp3) is 0.909. The molecule has 2 saturated heterocycles. The molecule has 92 valence electrons. The lowest BCUT2D eigenvalue weighted by molar-refractivity contribution is -0.137. The molecule has 5 heteroatoms. The Kier molecular flexibility index (Phi) is 4.15. The highest BCUT2D eigenvalue weighted by atomic mass is 16.5. The summed E-state index contributed by atoms with van der Waals surface area (Å²) in [6.07, 6.45) is 1.80. The SMILES string of the molecule is O=C(CC1CNCCO1)N1CCCC(O)C1. The van der Waals surface area contributed by atoms with Crippen molar-refractivity contribution in [3.05, 3.63) is 0 Å². The van der Waals surface area contributed by atoms with Gasteiger partial charge in [-0.05, 0) is 12.8 Å². The molecule has 0 aromatic rings. The van der Waals surface area contributed by atoms with Crippen molar-refractivity contribution in [3.8, 4) is 0 Å². The Hall–Kier alpha value is -0.650. The first-order chi connectivity index (χ1) is 7.75. The van der Waals surface area contributed by atoms with Crippen LogP contribution in [0.4, 0.5) is 0 Å². The number of carbonyl (C=O) groups is 1. The van der Waals surface area contributed by atoms with E-state index in [9.17, 15) is 9.90 Å². The Bertz CT molecular complexity index is 241. The number of morpholine rings is 1. The minimum absolute atomic E-state index is 0.000296. The maximum Gasteiger partial charge on any atom is 0.225 e. The highest BCUT2D eigenvalue weighted by Gasteiger charge is 2.25. The number of aliphatic hydroxyl groups excluding tert-OH is 1. The Morgan fingerprint density at radius 1 is 1.56 bits per heavy atom. The average molecular weight is 228 g/mol. The van der Waals surface area contributed by atoms with Crippen LogP contribution in [-0.2, 0) is 9.53 Å². The molecule has 16 heavy (non-hydrogen) atoms. The van der Waals surface area contributed by atoms with Crippen LogP contribution >= 0.6 is 0 Å². The van der Waals surface area contributed by atoms with Gasteiger partial charge < -0.3 is 20.1 Å². The Morgan fingerprint density at radius 3 is 3.12 bits per heavy atom. The van der Waals surface area contributed by atoms with Crippen molar-refractivity contribution in [1.82, 2.24) is 10.2 Å². The molecule has 0 radical (unpaired) electrons. The van der Waals surface area contributed by atoms with Gasteiger partial charge in [0.15, 0.2) is 0 Å². The molecule has 2 N–H and O–H groups in total. The van der Waals surface area contributed by atoms with Crippen molar-refractivity contribution in [2.75, 3.05) is 32.8 Å². The second kappa shape index (κ2) is 5.61. The third kappa shape index (κ3) is 3.17. The predicted molar refractivity (Wildman–Crippen MR) is 59.0 cm³/mol. The van der Waals surface area contributed by atoms with E-state index in [1.54, 1.807) is 4.90 Å². The number of β-amino-alcohol motifs (C(OH)–C–C–N with tert-alkyl or cyclic N) is 1. The van der Waals surface area contributed by atoms with Gasteiger partial charge in [0.05, 0.1) is 25.2 Å². The summed E-state index contributed by atoms with van der Waals surface area (Å²) in [5.41, 5.74) is 0. The quantitative estimate of drug-likeness (QED) is 0.659. The summed E-state index contributed by atoms with van der Waals surface area (Å²) < 4.78 is 5.49. The molecule has 2 aliphatic heterocycles. The van der Waals surface area contributed by atoms with E-state index in [1.807, 2.05) is 0 Å². The number of ether oxygens (including phenoxy) is 1. The number of nitrogens with zero attached hydrogens (tertiary/aromatic N) is 1. The van der Waals surface area contributed by atoms with Gasteiger partial charge in [0, 0.05) is 26.2 Å². The molecule has 2 aliphatic rings. The highest BCUT2D eigenvalue weighted by molar-refractivity contribution is 5.76. The number of hydrogen-bond donors (Lipinski definition) is 2. The molecule has 1 amide bonds. The number of nitrogens with one attached hydrogen (secondary N) is 1. The average Bonchev–Trinajstić information content (AvgIpc) is 2.30. The largest absolute Gasteiger partial charge is 0.391 e. The lowest BCUT2D eigenvalue weighted by Crippen LogP contribution is -2.46. The maximum atomic E-state index is 11.9. The van der Waals surface area contributed by atoms with Crippen molar-refractivity contribution in [2.24, 2.45) is 0 Å². The zero-order valence-electron chi connectivity index (χ0n) is 9.52. The van der Waals surface area contributed by atoms with Gasteiger partial charge in [-0.2, -0.15) is 0 Å². The molecule has 0 saturated carbocycles. The normalized spacial score (nSPS) is 31.4. The van der Waals surface area contributed by atoms with E-state index in [1.165, 1.54) is 0 Å². The van der Waals surface area contributed by atoms with Gasteiger partial charge in [-0.1, -0.05) is 0 Å². The lowest BCUT2D eigenvalue weighted by Gasteiger charge is -2.32. The zero-order chi connectivity index (χ0) is 11.4. The third-order valence-electron chi connectivity index (χ3n) is 3.16. The number of rotatable bonds is 2. The monoisotopic (exact) mass is 228 g/mol. The lowest BCUT2D eigenvalue weighted by atomic mass is 10.1. The summed E-state index contributed by atoms with van der Waals surface area (Å²) in [4.78, 5) is 13.7. The summed E-state index contributed by atoms with van der Waals surface area (Å²) in [5, 5.41) is 12.7. The van der Waals surface area contributed by atoms with Crippen LogP contribution in [0.1, 0.15) is 19.3 Å². The van der Waals surface area contributed by atoms with Crippen LogP contribution < -0.4 is 5.32 Å². The van der Waals surface area contributed by atoms with E-state index >= 15 is 0 Å². The smallest absolute Gasteiger partial charge is 0.225 e. The van der Waals surface area contributed by atoms with Crippen molar-refractivity contribution in [2.45, 2.75) is 31.5 Å². The molecule has 5 nitrogen and oxygen atoms in total. The molecule has 0 bridgehead atoms. The number of amides is 1. The third-order valence-corrected chi connectivity index (χ3v) is 3.16. The zero-order valence-corrected chi connectivity index (χ0v) is 9.52.